The Balaban J connectivity index is 1.52. The van der Waals surface area contributed by atoms with Crippen molar-refractivity contribution in [3.05, 3.63) is 102 Å². The van der Waals surface area contributed by atoms with Gasteiger partial charge in [-0.1, -0.05) is 35.5 Å². The summed E-state index contributed by atoms with van der Waals surface area (Å²) in [4.78, 5) is 12.9. The van der Waals surface area contributed by atoms with Crippen LogP contribution in [0.15, 0.2) is 94.3 Å². The molecule has 1 aromatic heterocycles. The molecular weight excluding hydrogens is 454 g/mol. The van der Waals surface area contributed by atoms with Gasteiger partial charge in [0.05, 0.1) is 10.9 Å². The molecule has 0 amide bonds. The predicted molar refractivity (Wildman–Crippen MR) is 128 cm³/mol. The van der Waals surface area contributed by atoms with Gasteiger partial charge < -0.3 is 14.9 Å². The van der Waals surface area contributed by atoms with Gasteiger partial charge in [0.1, 0.15) is 11.5 Å². The van der Waals surface area contributed by atoms with Gasteiger partial charge in [-0.15, -0.1) is 0 Å². The number of anilines is 2. The number of carbonyl (C=O) groups is 1. The number of benzene rings is 3. The molecule has 1 heterocycles. The normalized spacial score (nSPS) is 12.1. The zero-order valence-corrected chi connectivity index (χ0v) is 19.1. The number of hydrogen-bond acceptors (Lipinski definition) is 7. The summed E-state index contributed by atoms with van der Waals surface area (Å²) in [6.45, 7) is 1.67. The van der Waals surface area contributed by atoms with Gasteiger partial charge in [-0.05, 0) is 61.0 Å². The first-order chi connectivity index (χ1) is 16.3. The van der Waals surface area contributed by atoms with Crippen LogP contribution < -0.4 is 10.0 Å². The molecule has 3 aromatic carbocycles. The number of aromatic nitrogens is 1. The lowest BCUT2D eigenvalue weighted by Gasteiger charge is -2.20. The van der Waals surface area contributed by atoms with Crippen molar-refractivity contribution in [1.29, 1.82) is 0 Å². The Bertz CT molecular complexity index is 1370. The summed E-state index contributed by atoms with van der Waals surface area (Å²) in [5.74, 6) is 0.604. The highest BCUT2D eigenvalue weighted by Gasteiger charge is 2.19. The smallest absolute Gasteiger partial charge is 0.263 e. The van der Waals surface area contributed by atoms with E-state index in [1.54, 1.807) is 31.2 Å². The quantitative estimate of drug-likeness (QED) is 0.293. The highest BCUT2D eigenvalue weighted by molar-refractivity contribution is 7.92. The maximum Gasteiger partial charge on any atom is 0.263 e. The van der Waals surface area contributed by atoms with Crippen LogP contribution >= 0.6 is 0 Å². The number of ketones is 1. The van der Waals surface area contributed by atoms with Crippen molar-refractivity contribution in [2.24, 2.45) is 0 Å². The molecule has 0 aliphatic rings. The van der Waals surface area contributed by atoms with Crippen LogP contribution in [0.5, 0.6) is 5.75 Å². The second-order valence-corrected chi connectivity index (χ2v) is 9.42. The highest BCUT2D eigenvalue weighted by atomic mass is 32.2. The zero-order valence-electron chi connectivity index (χ0n) is 18.3. The summed E-state index contributed by atoms with van der Waals surface area (Å²) in [7, 11) is -3.83. The third-order valence-corrected chi connectivity index (χ3v) is 6.52. The lowest BCUT2D eigenvalue weighted by Crippen LogP contribution is -2.16. The summed E-state index contributed by atoms with van der Waals surface area (Å²) in [5.41, 5.74) is 2.06. The van der Waals surface area contributed by atoms with Crippen molar-refractivity contribution < 1.29 is 22.8 Å². The van der Waals surface area contributed by atoms with E-state index in [0.29, 0.717) is 17.0 Å². The maximum absolute atomic E-state index is 12.9. The van der Waals surface area contributed by atoms with Crippen molar-refractivity contribution in [3.8, 4) is 5.75 Å². The molecule has 0 spiro atoms. The Hall–Kier alpha value is -4.11. The number of nitrogens with one attached hydrogen (secondary N) is 2. The number of aryl methyl sites for hydroxylation is 1. The van der Waals surface area contributed by atoms with Gasteiger partial charge >= 0.3 is 0 Å². The summed E-state index contributed by atoms with van der Waals surface area (Å²) < 4.78 is 32.5. The van der Waals surface area contributed by atoms with Crippen LogP contribution in [-0.4, -0.2) is 24.5 Å². The van der Waals surface area contributed by atoms with Crippen LogP contribution in [0.25, 0.3) is 0 Å². The van der Waals surface area contributed by atoms with Crippen molar-refractivity contribution in [1.82, 2.24) is 5.16 Å². The van der Waals surface area contributed by atoms with E-state index in [1.807, 2.05) is 30.3 Å². The van der Waals surface area contributed by atoms with Crippen LogP contribution in [0.3, 0.4) is 0 Å². The summed E-state index contributed by atoms with van der Waals surface area (Å²) >= 11 is 0. The molecule has 3 N–H and O–H groups in total. The fourth-order valence-electron chi connectivity index (χ4n) is 3.43. The third-order valence-electron chi connectivity index (χ3n) is 5.15. The van der Waals surface area contributed by atoms with Gasteiger partial charge in [0, 0.05) is 23.7 Å². The molecule has 8 nitrogen and oxygen atoms in total. The number of rotatable bonds is 9. The standard InChI is InChI=1S/C25H23N3O5S/c1-17-15-25(27-33-17)28-34(31,32)22-13-9-20(10-14-22)26-23(18-5-3-2-4-6-18)16-24(30)19-7-11-21(29)12-8-19/h2-15,23,26,29H,16H2,1H3,(H,27,28). The van der Waals surface area contributed by atoms with Gasteiger partial charge in [-0.2, -0.15) is 0 Å². The highest BCUT2D eigenvalue weighted by Crippen LogP contribution is 2.26. The van der Waals surface area contributed by atoms with Gasteiger partial charge in [0.25, 0.3) is 10.0 Å². The Labute approximate surface area is 197 Å². The number of nitrogens with zero attached hydrogens (tertiary/aromatic N) is 1. The molecule has 9 heteroatoms. The first kappa shape index (κ1) is 23.1. The summed E-state index contributed by atoms with van der Waals surface area (Å²) in [6.07, 6.45) is 0.169. The molecule has 0 saturated heterocycles. The second kappa shape index (κ2) is 9.80. The van der Waals surface area contributed by atoms with E-state index in [9.17, 15) is 18.3 Å². The third kappa shape index (κ3) is 5.62. The molecule has 0 radical (unpaired) electrons. The van der Waals surface area contributed by atoms with E-state index >= 15 is 0 Å². The maximum atomic E-state index is 12.9. The molecule has 34 heavy (non-hydrogen) atoms. The van der Waals surface area contributed by atoms with Crippen molar-refractivity contribution in [2.75, 3.05) is 10.0 Å². The monoisotopic (exact) mass is 477 g/mol. The molecule has 0 saturated carbocycles. The Morgan fingerprint density at radius 1 is 1.00 bits per heavy atom. The average Bonchev–Trinajstić information content (AvgIpc) is 3.23. The fourth-order valence-corrected chi connectivity index (χ4v) is 4.41. The molecule has 0 aliphatic heterocycles. The van der Waals surface area contributed by atoms with E-state index in [1.165, 1.54) is 30.3 Å². The van der Waals surface area contributed by atoms with E-state index in [2.05, 4.69) is 15.2 Å². The second-order valence-electron chi connectivity index (χ2n) is 7.73. The molecule has 1 atom stereocenters. The summed E-state index contributed by atoms with van der Waals surface area (Å²) in [5, 5.41) is 16.5. The van der Waals surface area contributed by atoms with E-state index in [-0.39, 0.29) is 34.7 Å². The van der Waals surface area contributed by atoms with Crippen molar-refractivity contribution >= 4 is 27.3 Å². The van der Waals surface area contributed by atoms with Crippen LogP contribution in [0, 0.1) is 6.92 Å². The van der Waals surface area contributed by atoms with Crippen LogP contribution in [-0.2, 0) is 10.0 Å². The predicted octanol–water partition coefficient (Wildman–Crippen LogP) is 4.92. The molecule has 0 bridgehead atoms. The summed E-state index contributed by atoms with van der Waals surface area (Å²) in [6, 6.07) is 23.0. The minimum Gasteiger partial charge on any atom is -0.508 e. The van der Waals surface area contributed by atoms with Gasteiger partial charge in [-0.3, -0.25) is 9.52 Å². The molecule has 174 valence electrons. The van der Waals surface area contributed by atoms with Gasteiger partial charge in [0.2, 0.25) is 0 Å². The zero-order chi connectivity index (χ0) is 24.1. The van der Waals surface area contributed by atoms with Crippen molar-refractivity contribution in [2.45, 2.75) is 24.3 Å². The lowest BCUT2D eigenvalue weighted by molar-refractivity contribution is 0.0976. The lowest BCUT2D eigenvalue weighted by atomic mass is 9.97. The molecule has 1 unspecified atom stereocenters. The number of phenols is 1. The van der Waals surface area contributed by atoms with Crippen LogP contribution in [0.1, 0.15) is 34.1 Å². The Kier molecular flexibility index (Phi) is 6.65. The van der Waals surface area contributed by atoms with E-state index < -0.39 is 10.0 Å². The topological polar surface area (TPSA) is 122 Å². The van der Waals surface area contributed by atoms with Gasteiger partial charge in [0.15, 0.2) is 11.6 Å². The first-order valence-corrected chi connectivity index (χ1v) is 12.0. The number of carbonyl (C=O) groups excluding carboxylic acids is 1. The number of hydrogen-bond donors (Lipinski definition) is 3. The SMILES string of the molecule is Cc1cc(NS(=O)(=O)c2ccc(NC(CC(=O)c3ccc(O)cc3)c3ccccc3)cc2)no1. The minimum atomic E-state index is -3.83. The number of Topliss-reactive ketones (excluding diaryl/α,β-unsaturated/α-hetero) is 1. The van der Waals surface area contributed by atoms with Crippen LogP contribution in [0.2, 0.25) is 0 Å². The molecule has 0 fully saturated rings. The molecule has 0 aliphatic carbocycles. The average molecular weight is 478 g/mol. The van der Waals surface area contributed by atoms with Crippen molar-refractivity contribution in [3.63, 3.8) is 0 Å². The number of sulfonamides is 1. The molecular formula is C25H23N3O5S. The largest absolute Gasteiger partial charge is 0.508 e. The fraction of sp³-hybridized carbons (Fsp3) is 0.120. The molecule has 4 rings (SSSR count). The van der Waals surface area contributed by atoms with Gasteiger partial charge in [-0.25, -0.2) is 8.42 Å². The van der Waals surface area contributed by atoms with E-state index in [4.69, 9.17) is 4.52 Å². The first-order valence-electron chi connectivity index (χ1n) is 10.5. The minimum absolute atomic E-state index is 0.0649. The number of aromatic hydroxyl groups is 1. The molecule has 4 aromatic rings. The van der Waals surface area contributed by atoms with E-state index in [0.717, 1.165) is 5.56 Å². The van der Waals surface area contributed by atoms with Crippen LogP contribution in [0.4, 0.5) is 11.5 Å². The number of phenolic OH excluding ortho intramolecular Hbond substituents is 1. The Morgan fingerprint density at radius 2 is 1.68 bits per heavy atom. The Morgan fingerprint density at radius 3 is 2.29 bits per heavy atom.